The summed E-state index contributed by atoms with van der Waals surface area (Å²) in [4.78, 5) is 4.87. The van der Waals surface area contributed by atoms with Gasteiger partial charge in [0.05, 0.1) is 6.54 Å². The summed E-state index contributed by atoms with van der Waals surface area (Å²) in [6.45, 7) is 3.03. The van der Waals surface area contributed by atoms with Crippen molar-refractivity contribution in [3.8, 4) is 11.4 Å². The second-order valence-electron chi connectivity index (χ2n) is 6.91. The predicted molar refractivity (Wildman–Crippen MR) is 105 cm³/mol. The number of hydrogen-bond acceptors (Lipinski definition) is 2. The van der Waals surface area contributed by atoms with Crippen LogP contribution in [0.5, 0.6) is 0 Å². The fraction of sp³-hybridized carbons (Fsp3) is 0.409. The van der Waals surface area contributed by atoms with Gasteiger partial charge in [-0.05, 0) is 12.0 Å². The van der Waals surface area contributed by atoms with Crippen LogP contribution in [0.3, 0.4) is 0 Å². The van der Waals surface area contributed by atoms with Crippen molar-refractivity contribution in [2.24, 2.45) is 7.05 Å². The Bertz CT molecular complexity index is 791. The molecule has 0 saturated carbocycles. The molecule has 3 aromatic rings. The van der Waals surface area contributed by atoms with Crippen molar-refractivity contribution in [3.05, 3.63) is 66.2 Å². The van der Waals surface area contributed by atoms with E-state index in [1.165, 1.54) is 37.7 Å². The van der Waals surface area contributed by atoms with E-state index in [2.05, 4.69) is 54.1 Å². The van der Waals surface area contributed by atoms with E-state index in [1.54, 1.807) is 0 Å². The molecule has 0 saturated heterocycles. The lowest BCUT2D eigenvalue weighted by Crippen LogP contribution is -2.25. The molecule has 0 bridgehead atoms. The molecule has 1 aromatic carbocycles. The summed E-state index contributed by atoms with van der Waals surface area (Å²) < 4.78 is 4.11. The van der Waals surface area contributed by atoms with Crippen molar-refractivity contribution in [1.29, 1.82) is 0 Å². The van der Waals surface area contributed by atoms with Gasteiger partial charge in [0.15, 0.2) is 18.2 Å². The van der Waals surface area contributed by atoms with Crippen LogP contribution in [-0.2, 0) is 20.0 Å². The highest BCUT2D eigenvalue weighted by Crippen LogP contribution is 2.17. The van der Waals surface area contributed by atoms with Gasteiger partial charge in [0.2, 0.25) is 0 Å². The number of benzene rings is 1. The molecule has 0 atom stereocenters. The van der Waals surface area contributed by atoms with Crippen molar-refractivity contribution in [1.82, 2.24) is 14.8 Å². The number of pyridine rings is 1. The Morgan fingerprint density at radius 1 is 0.923 bits per heavy atom. The summed E-state index contributed by atoms with van der Waals surface area (Å²) in [5.74, 6) is 1.92. The van der Waals surface area contributed by atoms with Crippen molar-refractivity contribution < 1.29 is 4.57 Å². The van der Waals surface area contributed by atoms with E-state index in [9.17, 15) is 0 Å². The third kappa shape index (κ3) is 5.01. The van der Waals surface area contributed by atoms with Crippen molar-refractivity contribution in [2.45, 2.75) is 52.0 Å². The van der Waals surface area contributed by atoms with Gasteiger partial charge in [-0.1, -0.05) is 62.9 Å². The molecule has 0 unspecified atom stereocenters. The van der Waals surface area contributed by atoms with Gasteiger partial charge in [-0.25, -0.2) is 14.2 Å². The lowest BCUT2D eigenvalue weighted by molar-refractivity contribution is -0.671. The molecular weight excluding hydrogens is 320 g/mol. The number of aromatic nitrogens is 4. The van der Waals surface area contributed by atoms with Crippen LogP contribution in [0.25, 0.3) is 11.4 Å². The van der Waals surface area contributed by atoms with Gasteiger partial charge in [-0.3, -0.25) is 0 Å². The minimum atomic E-state index is 0.777. The lowest BCUT2D eigenvalue weighted by atomic mass is 10.1. The molecule has 0 aliphatic carbocycles. The highest BCUT2D eigenvalue weighted by molar-refractivity contribution is 5.52. The van der Waals surface area contributed by atoms with E-state index < -0.39 is 0 Å². The quantitative estimate of drug-likeness (QED) is 0.426. The Balaban J connectivity index is 1.78. The molecule has 4 heteroatoms. The first-order valence-corrected chi connectivity index (χ1v) is 9.69. The maximum absolute atomic E-state index is 4.87. The molecule has 26 heavy (non-hydrogen) atoms. The Hall–Kier alpha value is -2.49. The SMILES string of the molecule is CCCCCCCc1nc(-c2cc[n+](C)cc2)nn1Cc1ccccc1. The third-order valence-corrected chi connectivity index (χ3v) is 4.66. The molecule has 0 spiro atoms. The van der Waals surface area contributed by atoms with Gasteiger partial charge >= 0.3 is 0 Å². The summed E-state index contributed by atoms with van der Waals surface area (Å²) in [6, 6.07) is 14.7. The molecule has 0 fully saturated rings. The molecule has 0 amide bonds. The zero-order valence-corrected chi connectivity index (χ0v) is 15.9. The van der Waals surface area contributed by atoms with Gasteiger partial charge in [-0.2, -0.15) is 5.10 Å². The van der Waals surface area contributed by atoms with E-state index in [0.29, 0.717) is 0 Å². The largest absolute Gasteiger partial charge is 0.245 e. The molecular formula is C22H29N4+. The van der Waals surface area contributed by atoms with E-state index in [-0.39, 0.29) is 0 Å². The Morgan fingerprint density at radius 2 is 1.65 bits per heavy atom. The van der Waals surface area contributed by atoms with Gasteiger partial charge in [0, 0.05) is 24.1 Å². The number of nitrogens with zero attached hydrogens (tertiary/aromatic N) is 4. The van der Waals surface area contributed by atoms with Gasteiger partial charge in [0.25, 0.3) is 0 Å². The molecule has 0 N–H and O–H groups in total. The second-order valence-corrected chi connectivity index (χ2v) is 6.91. The third-order valence-electron chi connectivity index (χ3n) is 4.66. The number of unbranched alkanes of at least 4 members (excludes halogenated alkanes) is 4. The standard InChI is InChI=1S/C22H29N4/c1-3-4-5-6-10-13-21-23-22(20-14-16-25(2)17-15-20)24-26(21)18-19-11-8-7-9-12-19/h7-9,11-12,14-17H,3-6,10,13,18H2,1-2H3/q+1. The molecule has 3 rings (SSSR count). The fourth-order valence-electron chi connectivity index (χ4n) is 3.10. The second kappa shape index (κ2) is 9.27. The Labute approximate surface area is 156 Å². The maximum atomic E-state index is 4.87. The predicted octanol–water partition coefficient (Wildman–Crippen LogP) is 4.33. The zero-order valence-electron chi connectivity index (χ0n) is 15.9. The topological polar surface area (TPSA) is 34.6 Å². The highest BCUT2D eigenvalue weighted by Gasteiger charge is 2.13. The van der Waals surface area contributed by atoms with E-state index in [4.69, 9.17) is 10.1 Å². The number of hydrogen-bond donors (Lipinski definition) is 0. The molecule has 0 radical (unpaired) electrons. The molecule has 136 valence electrons. The summed E-state index contributed by atoms with van der Waals surface area (Å²) in [5.41, 5.74) is 2.33. The summed E-state index contributed by atoms with van der Waals surface area (Å²) in [7, 11) is 2.02. The summed E-state index contributed by atoms with van der Waals surface area (Å²) in [6.07, 6.45) is 11.4. The van der Waals surface area contributed by atoms with Gasteiger partial charge in [0.1, 0.15) is 12.9 Å². The van der Waals surface area contributed by atoms with Crippen molar-refractivity contribution in [2.75, 3.05) is 0 Å². The fourth-order valence-corrected chi connectivity index (χ4v) is 3.10. The highest BCUT2D eigenvalue weighted by atomic mass is 15.3. The molecule has 0 aliphatic rings. The van der Waals surface area contributed by atoms with Crippen LogP contribution in [-0.4, -0.2) is 14.8 Å². The van der Waals surface area contributed by atoms with E-state index >= 15 is 0 Å². The minimum Gasteiger partial charge on any atom is -0.245 e. The van der Waals surface area contributed by atoms with Crippen LogP contribution < -0.4 is 4.57 Å². The van der Waals surface area contributed by atoms with Crippen LogP contribution in [0.4, 0.5) is 0 Å². The lowest BCUT2D eigenvalue weighted by Gasteiger charge is -2.06. The monoisotopic (exact) mass is 349 g/mol. The van der Waals surface area contributed by atoms with E-state index in [1.807, 2.05) is 24.0 Å². The minimum absolute atomic E-state index is 0.777. The van der Waals surface area contributed by atoms with Crippen molar-refractivity contribution >= 4 is 0 Å². The number of aryl methyl sites for hydroxylation is 2. The van der Waals surface area contributed by atoms with Crippen molar-refractivity contribution in [3.63, 3.8) is 0 Å². The molecule has 0 aliphatic heterocycles. The number of rotatable bonds is 9. The van der Waals surface area contributed by atoms with Crippen LogP contribution in [0.1, 0.15) is 50.4 Å². The molecule has 2 heterocycles. The zero-order chi connectivity index (χ0) is 18.2. The normalized spacial score (nSPS) is 11.0. The smallest absolute Gasteiger partial charge is 0.181 e. The first-order valence-electron chi connectivity index (χ1n) is 9.69. The van der Waals surface area contributed by atoms with Crippen LogP contribution in [0.2, 0.25) is 0 Å². The first-order chi connectivity index (χ1) is 12.8. The van der Waals surface area contributed by atoms with Gasteiger partial charge < -0.3 is 0 Å². The summed E-state index contributed by atoms with van der Waals surface area (Å²) in [5, 5.41) is 4.82. The average Bonchev–Trinajstić information content (AvgIpc) is 3.06. The molecule has 4 nitrogen and oxygen atoms in total. The maximum Gasteiger partial charge on any atom is 0.181 e. The molecule has 2 aromatic heterocycles. The summed E-state index contributed by atoms with van der Waals surface area (Å²) >= 11 is 0. The van der Waals surface area contributed by atoms with Crippen LogP contribution in [0, 0.1) is 0 Å². The van der Waals surface area contributed by atoms with Gasteiger partial charge in [-0.15, -0.1) is 0 Å². The first kappa shape index (κ1) is 18.3. The Kier molecular flexibility index (Phi) is 6.53. The van der Waals surface area contributed by atoms with Crippen LogP contribution >= 0.6 is 0 Å². The Morgan fingerprint density at radius 3 is 2.38 bits per heavy atom. The average molecular weight is 350 g/mol. The van der Waals surface area contributed by atoms with E-state index in [0.717, 1.165) is 30.2 Å². The van der Waals surface area contributed by atoms with Crippen LogP contribution in [0.15, 0.2) is 54.9 Å².